The molecule has 1 fully saturated rings. The fourth-order valence-electron chi connectivity index (χ4n) is 1.41. The van der Waals surface area contributed by atoms with Crippen molar-refractivity contribution in [3.05, 3.63) is 29.8 Å². The van der Waals surface area contributed by atoms with Crippen molar-refractivity contribution in [1.29, 1.82) is 0 Å². The molecule has 1 saturated carbocycles. The van der Waals surface area contributed by atoms with E-state index in [1.54, 1.807) is 18.2 Å². The van der Waals surface area contributed by atoms with Gasteiger partial charge in [-0.05, 0) is 37.0 Å². The van der Waals surface area contributed by atoms with E-state index in [4.69, 9.17) is 5.84 Å². The molecule has 1 aromatic rings. The first-order chi connectivity index (χ1) is 7.29. The second-order valence-corrected chi connectivity index (χ2v) is 3.88. The van der Waals surface area contributed by atoms with Gasteiger partial charge in [0.15, 0.2) is 0 Å². The fraction of sp³-hybridized carbons (Fsp3) is 0.364. The number of hydrogen-bond donors (Lipinski definition) is 3. The molecular weight excluding hydrogens is 190 g/mol. The second kappa shape index (κ2) is 4.31. The summed E-state index contributed by atoms with van der Waals surface area (Å²) in [4.78, 5) is 11.7. The van der Waals surface area contributed by atoms with Crippen molar-refractivity contribution < 1.29 is 4.79 Å². The number of nitrogens with one attached hydrogen (secondary N) is 2. The number of hydrogen-bond acceptors (Lipinski definition) is 3. The molecule has 15 heavy (non-hydrogen) atoms. The molecule has 1 aromatic carbocycles. The van der Waals surface area contributed by atoms with Gasteiger partial charge in [-0.25, -0.2) is 0 Å². The molecule has 1 amide bonds. The van der Waals surface area contributed by atoms with Gasteiger partial charge in [-0.2, -0.15) is 0 Å². The second-order valence-electron chi connectivity index (χ2n) is 3.88. The number of nitrogens with two attached hydrogens (primary N) is 1. The van der Waals surface area contributed by atoms with E-state index in [1.807, 2.05) is 6.07 Å². The van der Waals surface area contributed by atoms with E-state index < -0.39 is 0 Å². The van der Waals surface area contributed by atoms with Gasteiger partial charge < -0.3 is 10.7 Å². The van der Waals surface area contributed by atoms with Crippen LogP contribution >= 0.6 is 0 Å². The molecule has 1 aliphatic carbocycles. The van der Waals surface area contributed by atoms with E-state index in [-0.39, 0.29) is 5.91 Å². The zero-order valence-corrected chi connectivity index (χ0v) is 8.49. The Bertz CT molecular complexity index is 361. The topological polar surface area (TPSA) is 67.1 Å². The van der Waals surface area contributed by atoms with Gasteiger partial charge in [-0.3, -0.25) is 10.6 Å². The van der Waals surface area contributed by atoms with Gasteiger partial charge in [-0.15, -0.1) is 0 Å². The number of carbonyl (C=O) groups is 1. The number of anilines is 1. The zero-order valence-electron chi connectivity index (χ0n) is 8.49. The minimum absolute atomic E-state index is 0.0287. The van der Waals surface area contributed by atoms with Crippen molar-refractivity contribution in [2.45, 2.75) is 12.8 Å². The van der Waals surface area contributed by atoms with Crippen LogP contribution in [0.1, 0.15) is 23.2 Å². The molecule has 0 spiro atoms. The lowest BCUT2D eigenvalue weighted by molar-refractivity contribution is 0.0952. The lowest BCUT2D eigenvalue weighted by Crippen LogP contribution is -2.25. The molecule has 0 bridgehead atoms. The molecule has 2 rings (SSSR count). The van der Waals surface area contributed by atoms with Crippen molar-refractivity contribution in [1.82, 2.24) is 5.32 Å². The van der Waals surface area contributed by atoms with Gasteiger partial charge in [-0.1, -0.05) is 6.07 Å². The van der Waals surface area contributed by atoms with Crippen LogP contribution < -0.4 is 16.6 Å². The molecule has 0 aromatic heterocycles. The summed E-state index contributed by atoms with van der Waals surface area (Å²) < 4.78 is 0. The van der Waals surface area contributed by atoms with E-state index in [9.17, 15) is 4.79 Å². The maximum atomic E-state index is 11.7. The van der Waals surface area contributed by atoms with Crippen LogP contribution in [0.5, 0.6) is 0 Å². The molecule has 0 saturated heterocycles. The van der Waals surface area contributed by atoms with Crippen LogP contribution in [0.2, 0.25) is 0 Å². The number of rotatable bonds is 4. The van der Waals surface area contributed by atoms with Crippen LogP contribution in [0.3, 0.4) is 0 Å². The highest BCUT2D eigenvalue weighted by Crippen LogP contribution is 2.27. The first kappa shape index (κ1) is 9.98. The average molecular weight is 205 g/mol. The van der Waals surface area contributed by atoms with Gasteiger partial charge in [0.05, 0.1) is 0 Å². The molecule has 4 N–H and O–H groups in total. The fourth-order valence-corrected chi connectivity index (χ4v) is 1.41. The predicted octanol–water partition coefficient (Wildman–Crippen LogP) is 1.11. The van der Waals surface area contributed by atoms with Gasteiger partial charge >= 0.3 is 0 Å². The Labute approximate surface area is 88.8 Å². The number of carbonyl (C=O) groups excluding carboxylic acids is 1. The van der Waals surface area contributed by atoms with Gasteiger partial charge in [0.2, 0.25) is 0 Å². The predicted molar refractivity (Wildman–Crippen MR) is 59.3 cm³/mol. The Morgan fingerprint density at radius 3 is 2.93 bits per heavy atom. The van der Waals surface area contributed by atoms with Crippen LogP contribution in [0, 0.1) is 5.92 Å². The van der Waals surface area contributed by atoms with E-state index in [0.29, 0.717) is 11.5 Å². The Hall–Kier alpha value is -1.55. The van der Waals surface area contributed by atoms with Crippen molar-refractivity contribution >= 4 is 11.6 Å². The summed E-state index contributed by atoms with van der Waals surface area (Å²) in [7, 11) is 0. The van der Waals surface area contributed by atoms with Crippen LogP contribution in [0.15, 0.2) is 24.3 Å². The molecule has 0 unspecified atom stereocenters. The first-order valence-corrected chi connectivity index (χ1v) is 5.14. The molecule has 1 aliphatic rings. The van der Waals surface area contributed by atoms with Crippen LogP contribution in [-0.4, -0.2) is 12.5 Å². The largest absolute Gasteiger partial charge is 0.352 e. The third kappa shape index (κ3) is 2.70. The number of hydrazine groups is 1. The highest BCUT2D eigenvalue weighted by molar-refractivity contribution is 5.95. The molecule has 4 nitrogen and oxygen atoms in total. The lowest BCUT2D eigenvalue weighted by Gasteiger charge is -2.05. The summed E-state index contributed by atoms with van der Waals surface area (Å²) in [5.41, 5.74) is 3.91. The monoisotopic (exact) mass is 205 g/mol. The Balaban J connectivity index is 1.96. The number of benzene rings is 1. The highest BCUT2D eigenvalue weighted by Gasteiger charge is 2.21. The van der Waals surface area contributed by atoms with Crippen LogP contribution in [0.4, 0.5) is 5.69 Å². The SMILES string of the molecule is NNc1cccc(C(=O)NCC2CC2)c1. The minimum atomic E-state index is -0.0287. The summed E-state index contributed by atoms with van der Waals surface area (Å²) >= 11 is 0. The highest BCUT2D eigenvalue weighted by atomic mass is 16.1. The summed E-state index contributed by atoms with van der Waals surface area (Å²) in [6.07, 6.45) is 2.48. The third-order valence-corrected chi connectivity index (χ3v) is 2.54. The van der Waals surface area contributed by atoms with Crippen LogP contribution in [-0.2, 0) is 0 Å². The summed E-state index contributed by atoms with van der Waals surface area (Å²) in [5.74, 6) is 5.94. The van der Waals surface area contributed by atoms with Gasteiger partial charge in [0, 0.05) is 17.8 Å². The van der Waals surface area contributed by atoms with Gasteiger partial charge in [0.1, 0.15) is 0 Å². The molecular formula is C11H15N3O. The van der Waals surface area contributed by atoms with E-state index in [2.05, 4.69) is 10.7 Å². The molecule has 0 atom stereocenters. The Morgan fingerprint density at radius 1 is 1.47 bits per heavy atom. The van der Waals surface area contributed by atoms with Crippen molar-refractivity contribution in [2.75, 3.05) is 12.0 Å². The van der Waals surface area contributed by atoms with Crippen molar-refractivity contribution in [3.63, 3.8) is 0 Å². The summed E-state index contributed by atoms with van der Waals surface area (Å²) in [5, 5.41) is 2.90. The van der Waals surface area contributed by atoms with E-state index >= 15 is 0 Å². The van der Waals surface area contributed by atoms with Gasteiger partial charge in [0.25, 0.3) is 5.91 Å². The Kier molecular flexibility index (Phi) is 2.87. The Morgan fingerprint density at radius 2 is 2.27 bits per heavy atom. The van der Waals surface area contributed by atoms with Crippen molar-refractivity contribution in [2.24, 2.45) is 11.8 Å². The summed E-state index contributed by atoms with van der Waals surface area (Å²) in [6.45, 7) is 0.791. The smallest absolute Gasteiger partial charge is 0.251 e. The number of amides is 1. The lowest BCUT2D eigenvalue weighted by atomic mass is 10.2. The molecule has 0 heterocycles. The number of nitrogen functional groups attached to an aromatic ring is 1. The first-order valence-electron chi connectivity index (χ1n) is 5.14. The van der Waals surface area contributed by atoms with E-state index in [0.717, 1.165) is 12.2 Å². The third-order valence-electron chi connectivity index (χ3n) is 2.54. The average Bonchev–Trinajstić information content (AvgIpc) is 3.10. The maximum Gasteiger partial charge on any atom is 0.251 e. The van der Waals surface area contributed by atoms with Crippen LogP contribution in [0.25, 0.3) is 0 Å². The zero-order chi connectivity index (χ0) is 10.7. The molecule has 4 heteroatoms. The van der Waals surface area contributed by atoms with E-state index in [1.165, 1.54) is 12.8 Å². The molecule has 0 aliphatic heterocycles. The maximum absolute atomic E-state index is 11.7. The quantitative estimate of drug-likeness (QED) is 0.509. The minimum Gasteiger partial charge on any atom is -0.352 e. The molecule has 0 radical (unpaired) electrons. The van der Waals surface area contributed by atoms with Crippen molar-refractivity contribution in [3.8, 4) is 0 Å². The standard InChI is InChI=1S/C11H15N3O/c12-14-10-3-1-2-9(6-10)11(15)13-7-8-4-5-8/h1-3,6,8,14H,4-5,7,12H2,(H,13,15). The summed E-state index contributed by atoms with van der Waals surface area (Å²) in [6, 6.07) is 7.14. The molecule has 80 valence electrons. The normalized spacial score (nSPS) is 14.7.